The first-order chi connectivity index (χ1) is 13.3. The van der Waals surface area contributed by atoms with E-state index in [0.717, 1.165) is 24.3 Å². The second kappa shape index (κ2) is 9.97. The highest BCUT2D eigenvalue weighted by Gasteiger charge is 2.14. The van der Waals surface area contributed by atoms with Gasteiger partial charge >= 0.3 is 0 Å². The number of aromatic nitrogens is 3. The van der Waals surface area contributed by atoms with Gasteiger partial charge in [-0.1, -0.05) is 0 Å². The number of morpholine rings is 1. The molecule has 0 aliphatic carbocycles. The molecule has 146 valence electrons. The summed E-state index contributed by atoms with van der Waals surface area (Å²) in [5.74, 6) is 1.64. The van der Waals surface area contributed by atoms with E-state index in [-0.39, 0.29) is 12.7 Å². The summed E-state index contributed by atoms with van der Waals surface area (Å²) in [6, 6.07) is 1.89. The van der Waals surface area contributed by atoms with E-state index in [9.17, 15) is 0 Å². The Bertz CT molecular complexity index is 709. The minimum absolute atomic E-state index is 0.104. The van der Waals surface area contributed by atoms with Crippen molar-refractivity contribution in [2.45, 2.75) is 12.7 Å². The van der Waals surface area contributed by atoms with Crippen LogP contribution in [0.15, 0.2) is 24.7 Å². The number of ether oxygens (including phenoxy) is 2. The number of methoxy groups -OCH3 is 1. The second-order valence-electron chi connectivity index (χ2n) is 5.80. The third-order valence-electron chi connectivity index (χ3n) is 3.94. The van der Waals surface area contributed by atoms with Crippen LogP contribution >= 0.6 is 0 Å². The van der Waals surface area contributed by atoms with Gasteiger partial charge in [0.1, 0.15) is 18.2 Å². The second-order valence-corrected chi connectivity index (χ2v) is 5.80. The van der Waals surface area contributed by atoms with Gasteiger partial charge in [0.2, 0.25) is 5.88 Å². The van der Waals surface area contributed by atoms with Gasteiger partial charge in [0.15, 0.2) is 0 Å². The predicted molar refractivity (Wildman–Crippen MR) is 99.0 cm³/mol. The van der Waals surface area contributed by atoms with Crippen LogP contribution < -0.4 is 20.7 Å². The molecule has 0 bridgehead atoms. The monoisotopic (exact) mass is 376 g/mol. The first-order valence-electron chi connectivity index (χ1n) is 8.62. The van der Waals surface area contributed by atoms with Crippen LogP contribution in [0.4, 0.5) is 17.3 Å². The van der Waals surface area contributed by atoms with Crippen LogP contribution in [0.2, 0.25) is 0 Å². The van der Waals surface area contributed by atoms with E-state index >= 15 is 0 Å². The molecule has 3 rings (SSSR count). The molecule has 2 aromatic rings. The molecule has 10 nitrogen and oxygen atoms in total. The summed E-state index contributed by atoms with van der Waals surface area (Å²) >= 11 is 0. The number of rotatable bonds is 9. The van der Waals surface area contributed by atoms with Gasteiger partial charge in [-0.3, -0.25) is 0 Å². The molecule has 0 aromatic carbocycles. The van der Waals surface area contributed by atoms with E-state index in [1.165, 1.54) is 13.3 Å². The highest BCUT2D eigenvalue weighted by Crippen LogP contribution is 2.22. The van der Waals surface area contributed by atoms with Gasteiger partial charge < -0.3 is 25.4 Å². The third-order valence-corrected chi connectivity index (χ3v) is 3.94. The fraction of sp³-hybridized carbons (Fsp3) is 0.471. The summed E-state index contributed by atoms with van der Waals surface area (Å²) < 4.78 is 10.7. The summed E-state index contributed by atoms with van der Waals surface area (Å²) in [6.07, 6.45) is 4.94. The number of hydrogen-bond acceptors (Lipinski definition) is 10. The van der Waals surface area contributed by atoms with E-state index in [0.29, 0.717) is 30.7 Å². The van der Waals surface area contributed by atoms with Crippen molar-refractivity contribution in [1.82, 2.24) is 20.3 Å². The molecule has 2 aromatic heterocycles. The van der Waals surface area contributed by atoms with Crippen molar-refractivity contribution in [2.24, 2.45) is 0 Å². The van der Waals surface area contributed by atoms with Crippen molar-refractivity contribution in [1.29, 1.82) is 0 Å². The lowest BCUT2D eigenvalue weighted by Gasteiger charge is -2.24. The highest BCUT2D eigenvalue weighted by molar-refractivity contribution is 5.61. The zero-order chi connectivity index (χ0) is 18.9. The van der Waals surface area contributed by atoms with E-state index in [1.54, 1.807) is 19.5 Å². The maximum absolute atomic E-state index is 5.73. The molecule has 1 fully saturated rings. The lowest BCUT2D eigenvalue weighted by atomic mass is 10.2. The van der Waals surface area contributed by atoms with Crippen molar-refractivity contribution in [2.75, 3.05) is 51.1 Å². The standard InChI is InChI=1S/C17H24N6O4/c1-24-17-10-21-16(9-22-17)23-15-5-14(12(6-20-15)11-27-25-2)19-8-13-7-18-3-4-26-13/h5-6,9-10,13,18H,3-4,7-8,11H2,1-2H3,(H2,19,20,21,23). The van der Waals surface area contributed by atoms with Crippen molar-refractivity contribution in [3.05, 3.63) is 30.2 Å². The van der Waals surface area contributed by atoms with E-state index in [1.807, 2.05) is 6.07 Å². The Morgan fingerprint density at radius 3 is 2.78 bits per heavy atom. The lowest BCUT2D eigenvalue weighted by Crippen LogP contribution is -2.42. The summed E-state index contributed by atoms with van der Waals surface area (Å²) in [5, 5.41) is 9.83. The summed E-state index contributed by atoms with van der Waals surface area (Å²) in [6.45, 7) is 3.35. The molecule has 3 N–H and O–H groups in total. The van der Waals surface area contributed by atoms with Crippen LogP contribution in [0.1, 0.15) is 5.56 Å². The van der Waals surface area contributed by atoms with Crippen LogP contribution in [-0.4, -0.2) is 61.5 Å². The third kappa shape index (κ3) is 5.73. The average molecular weight is 376 g/mol. The number of nitrogens with one attached hydrogen (secondary N) is 3. The van der Waals surface area contributed by atoms with Gasteiger partial charge in [-0.15, -0.1) is 0 Å². The van der Waals surface area contributed by atoms with Crippen molar-refractivity contribution in [3.8, 4) is 5.88 Å². The number of nitrogens with zero attached hydrogens (tertiary/aromatic N) is 3. The molecule has 1 aliphatic heterocycles. The van der Waals surface area contributed by atoms with E-state index in [2.05, 4.69) is 30.9 Å². The largest absolute Gasteiger partial charge is 0.480 e. The van der Waals surface area contributed by atoms with E-state index in [4.69, 9.17) is 19.2 Å². The van der Waals surface area contributed by atoms with Crippen LogP contribution in [0.3, 0.4) is 0 Å². The Morgan fingerprint density at radius 2 is 2.07 bits per heavy atom. The molecule has 3 heterocycles. The predicted octanol–water partition coefficient (Wildman–Crippen LogP) is 1.10. The van der Waals surface area contributed by atoms with Gasteiger partial charge in [-0.05, 0) is 0 Å². The van der Waals surface area contributed by atoms with Crippen molar-refractivity contribution in [3.63, 3.8) is 0 Å². The van der Waals surface area contributed by atoms with Gasteiger partial charge in [0.25, 0.3) is 0 Å². The molecule has 0 spiro atoms. The Hall–Kier alpha value is -2.53. The highest BCUT2D eigenvalue weighted by atomic mass is 17.2. The molecule has 1 unspecified atom stereocenters. The van der Waals surface area contributed by atoms with Gasteiger partial charge in [-0.25, -0.2) is 24.7 Å². The summed E-state index contributed by atoms with van der Waals surface area (Å²) in [5.41, 5.74) is 1.74. The minimum Gasteiger partial charge on any atom is -0.480 e. The molecule has 1 aliphatic rings. The first kappa shape index (κ1) is 19.2. The van der Waals surface area contributed by atoms with Crippen molar-refractivity contribution < 1.29 is 19.2 Å². The number of anilines is 3. The van der Waals surface area contributed by atoms with Gasteiger partial charge in [0.05, 0.1) is 39.3 Å². The summed E-state index contributed by atoms with van der Waals surface area (Å²) in [4.78, 5) is 22.5. The van der Waals surface area contributed by atoms with Crippen LogP contribution in [0, 0.1) is 0 Å². The molecular formula is C17H24N6O4. The van der Waals surface area contributed by atoms with E-state index < -0.39 is 0 Å². The Labute approximate surface area is 157 Å². The molecule has 27 heavy (non-hydrogen) atoms. The van der Waals surface area contributed by atoms with Crippen LogP contribution in [0.5, 0.6) is 5.88 Å². The van der Waals surface area contributed by atoms with Crippen LogP contribution in [-0.2, 0) is 21.1 Å². The van der Waals surface area contributed by atoms with Gasteiger partial charge in [-0.2, -0.15) is 0 Å². The number of hydrogen-bond donors (Lipinski definition) is 3. The first-order valence-corrected chi connectivity index (χ1v) is 8.62. The van der Waals surface area contributed by atoms with Crippen LogP contribution in [0.25, 0.3) is 0 Å². The van der Waals surface area contributed by atoms with Gasteiger partial charge in [0, 0.05) is 43.1 Å². The van der Waals surface area contributed by atoms with Crippen molar-refractivity contribution >= 4 is 17.3 Å². The Balaban J connectivity index is 1.70. The average Bonchev–Trinajstić information content (AvgIpc) is 2.73. The summed E-state index contributed by atoms with van der Waals surface area (Å²) in [7, 11) is 3.02. The zero-order valence-electron chi connectivity index (χ0n) is 15.4. The quantitative estimate of drug-likeness (QED) is 0.434. The lowest BCUT2D eigenvalue weighted by molar-refractivity contribution is -0.282. The Morgan fingerprint density at radius 1 is 1.19 bits per heavy atom. The number of pyridine rings is 1. The maximum atomic E-state index is 5.73. The fourth-order valence-electron chi connectivity index (χ4n) is 2.55. The molecule has 0 amide bonds. The molecule has 0 saturated carbocycles. The normalized spacial score (nSPS) is 16.7. The molecular weight excluding hydrogens is 352 g/mol. The molecule has 10 heteroatoms. The smallest absolute Gasteiger partial charge is 0.232 e. The maximum Gasteiger partial charge on any atom is 0.232 e. The Kier molecular flexibility index (Phi) is 7.11. The molecule has 1 atom stereocenters. The molecule has 0 radical (unpaired) electrons. The topological polar surface area (TPSA) is 112 Å². The fourth-order valence-corrected chi connectivity index (χ4v) is 2.55. The zero-order valence-corrected chi connectivity index (χ0v) is 15.4. The SMILES string of the molecule is COOCc1cnc(Nc2cnc(OC)cn2)cc1NCC1CNCCO1. The molecule has 1 saturated heterocycles. The minimum atomic E-state index is 0.104.